The van der Waals surface area contributed by atoms with Crippen LogP contribution in [-0.4, -0.2) is 181 Å². The van der Waals surface area contributed by atoms with E-state index in [2.05, 4.69) is 47.5 Å². The molecular weight excluding hydrogens is 1100 g/mol. The molecule has 0 spiro atoms. The summed E-state index contributed by atoms with van der Waals surface area (Å²) < 4.78 is 0. The average molecular weight is 1180 g/mol. The molecule has 34 nitrogen and oxygen atoms in total. The number of aliphatic carboxylic acids is 3. The Morgan fingerprint density at radius 3 is 1.27 bits per heavy atom. The summed E-state index contributed by atoms with van der Waals surface area (Å²) >= 11 is 0. The van der Waals surface area contributed by atoms with Crippen molar-refractivity contribution in [3.05, 3.63) is 29.8 Å². The van der Waals surface area contributed by atoms with Crippen LogP contribution in [0.15, 0.2) is 29.3 Å². The first-order valence-corrected chi connectivity index (χ1v) is 25.9. The molecule has 25 N–H and O–H groups in total. The SMILES string of the molecule is CC(C)C[C@H](NC(=O)[C@H](CCC(N)=O)NC(=O)[C@H](CCC(=O)O)NC(=O)[C@@H](N)Cc1ccc(O)cc1)C(=O)N[C@@H](CCC(N)=O)C(=O)N[C@@H](CC(N)=O)C(=O)N[C@@H](CCC(=O)O)C(=O)N[C@H](C(=O)N[C@@H](CCCN=C(N)N)C(=O)O)[C@@H](C)O. The number of carboxylic acids is 3. The normalized spacial score (nSPS) is 14.5. The third kappa shape index (κ3) is 29.2. The standard InChI is InChI=1S/C49H77N15O19/c1-22(2)19-32(62-42(76)27(10-14-34(51)67)58-41(75)29(12-16-37(70)71)57-40(74)26(50)20-24-6-8-25(66)9-7-24)45(79)59-28(11-15-35(52)68)43(77)63-33(21-36(53)69)46(80)60-30(13-17-38(72)73)44(78)64-39(23(3)65)47(81)61-31(48(82)83)5-4-18-56-49(54)55/h6-9,22-23,26-33,39,65-66H,4-5,10-21,50H2,1-3H3,(H2,51,67)(H2,52,68)(H2,53,69)(H,57,74)(H,58,75)(H,59,79)(H,60,80)(H,61,81)(H,62,76)(H,63,77)(H,64,78)(H,70,71)(H,72,73)(H,82,83)(H4,54,55,56)/t23-,26+,27+,28+,29+,30+,31+,32+,33+,39+/m1/s1. The maximum absolute atomic E-state index is 14.1. The van der Waals surface area contributed by atoms with Gasteiger partial charge in [0.1, 0.15) is 54.1 Å². The van der Waals surface area contributed by atoms with Crippen LogP contribution in [0.3, 0.4) is 0 Å². The number of phenols is 1. The van der Waals surface area contributed by atoms with Gasteiger partial charge in [0.2, 0.25) is 65.0 Å². The van der Waals surface area contributed by atoms with Crippen molar-refractivity contribution in [2.24, 2.45) is 45.3 Å². The van der Waals surface area contributed by atoms with Crippen LogP contribution in [0.25, 0.3) is 0 Å². The highest BCUT2D eigenvalue weighted by Crippen LogP contribution is 2.14. The zero-order chi connectivity index (χ0) is 63.3. The van der Waals surface area contributed by atoms with Gasteiger partial charge < -0.3 is 102 Å². The minimum absolute atomic E-state index is 0.0228. The molecule has 0 unspecified atom stereocenters. The summed E-state index contributed by atoms with van der Waals surface area (Å²) in [5, 5.41) is 66.6. The minimum Gasteiger partial charge on any atom is -0.508 e. The van der Waals surface area contributed by atoms with Crippen molar-refractivity contribution in [2.75, 3.05) is 6.54 Å². The highest BCUT2D eigenvalue weighted by atomic mass is 16.4. The highest BCUT2D eigenvalue weighted by Gasteiger charge is 2.37. The van der Waals surface area contributed by atoms with Crippen molar-refractivity contribution >= 4 is 88.8 Å². The number of aliphatic hydroxyl groups is 1. The zero-order valence-corrected chi connectivity index (χ0v) is 45.9. The number of rotatable bonds is 40. The van der Waals surface area contributed by atoms with Crippen LogP contribution >= 0.6 is 0 Å². The number of nitrogens with zero attached hydrogens (tertiary/aromatic N) is 1. The molecule has 0 saturated heterocycles. The van der Waals surface area contributed by atoms with Crippen LogP contribution in [0, 0.1) is 5.92 Å². The van der Waals surface area contributed by atoms with Gasteiger partial charge in [-0.3, -0.25) is 67.3 Å². The van der Waals surface area contributed by atoms with Crippen LogP contribution in [0.2, 0.25) is 0 Å². The lowest BCUT2D eigenvalue weighted by Gasteiger charge is -2.28. The van der Waals surface area contributed by atoms with Gasteiger partial charge in [-0.2, -0.15) is 0 Å². The predicted molar refractivity (Wildman–Crippen MR) is 288 cm³/mol. The Morgan fingerprint density at radius 1 is 0.482 bits per heavy atom. The summed E-state index contributed by atoms with van der Waals surface area (Å²) in [5.41, 5.74) is 33.2. The van der Waals surface area contributed by atoms with Gasteiger partial charge in [0, 0.05) is 32.2 Å². The largest absolute Gasteiger partial charge is 0.508 e. The van der Waals surface area contributed by atoms with Crippen molar-refractivity contribution in [3.8, 4) is 5.75 Å². The molecule has 0 radical (unpaired) electrons. The number of aliphatic imine (C=N–C) groups is 1. The second-order valence-corrected chi connectivity index (χ2v) is 19.6. The van der Waals surface area contributed by atoms with Crippen molar-refractivity contribution in [3.63, 3.8) is 0 Å². The fourth-order valence-electron chi connectivity index (χ4n) is 7.60. The maximum Gasteiger partial charge on any atom is 0.326 e. The van der Waals surface area contributed by atoms with Gasteiger partial charge in [0.25, 0.3) is 0 Å². The summed E-state index contributed by atoms with van der Waals surface area (Å²) in [7, 11) is 0. The van der Waals surface area contributed by atoms with E-state index in [0.29, 0.717) is 5.56 Å². The zero-order valence-electron chi connectivity index (χ0n) is 45.9. The first-order valence-electron chi connectivity index (χ1n) is 25.9. The molecule has 1 aromatic rings. The van der Waals surface area contributed by atoms with Gasteiger partial charge in [-0.05, 0) is 81.9 Å². The monoisotopic (exact) mass is 1180 g/mol. The Morgan fingerprint density at radius 2 is 0.867 bits per heavy atom. The van der Waals surface area contributed by atoms with Crippen molar-refractivity contribution in [2.45, 2.75) is 165 Å². The molecule has 10 atom stereocenters. The summed E-state index contributed by atoms with van der Waals surface area (Å²) in [6, 6.07) is -9.93. The lowest BCUT2D eigenvalue weighted by molar-refractivity contribution is -0.143. The molecule has 0 aliphatic rings. The highest BCUT2D eigenvalue weighted by molar-refractivity contribution is 5.99. The molecule has 83 heavy (non-hydrogen) atoms. The number of primary amides is 3. The van der Waals surface area contributed by atoms with E-state index in [9.17, 15) is 92.7 Å². The van der Waals surface area contributed by atoms with Gasteiger partial charge in [-0.15, -0.1) is 0 Å². The van der Waals surface area contributed by atoms with E-state index in [1.165, 1.54) is 24.3 Å². The number of carbonyl (C=O) groups is 14. The van der Waals surface area contributed by atoms with Crippen LogP contribution in [0.1, 0.15) is 103 Å². The second kappa shape index (κ2) is 36.2. The number of nitrogens with two attached hydrogens (primary N) is 6. The summed E-state index contributed by atoms with van der Waals surface area (Å²) in [6.45, 7) is 4.24. The molecule has 0 aliphatic carbocycles. The number of aromatic hydroxyl groups is 1. The smallest absolute Gasteiger partial charge is 0.326 e. The van der Waals surface area contributed by atoms with Gasteiger partial charge in [0.15, 0.2) is 5.96 Å². The van der Waals surface area contributed by atoms with Crippen molar-refractivity contribution in [1.29, 1.82) is 0 Å². The Bertz CT molecular complexity index is 2510. The number of carboxylic acid groups (broad SMARTS) is 3. The minimum atomic E-state index is -2.04. The number of benzene rings is 1. The van der Waals surface area contributed by atoms with Gasteiger partial charge in [-0.1, -0.05) is 26.0 Å². The molecule has 1 rings (SSSR count). The molecule has 0 aliphatic heterocycles. The number of phenolic OH excluding ortho intramolecular Hbond substituents is 1. The third-order valence-electron chi connectivity index (χ3n) is 11.9. The Hall–Kier alpha value is -9.21. The lowest BCUT2D eigenvalue weighted by Crippen LogP contribution is -2.61. The van der Waals surface area contributed by atoms with Crippen molar-refractivity contribution in [1.82, 2.24) is 42.5 Å². The van der Waals surface area contributed by atoms with E-state index in [1.807, 2.05) is 0 Å². The molecule has 34 heteroatoms. The van der Waals surface area contributed by atoms with Gasteiger partial charge >= 0.3 is 17.9 Å². The first-order chi connectivity index (χ1) is 38.7. The van der Waals surface area contributed by atoms with E-state index in [0.717, 1.165) is 6.92 Å². The Balaban J connectivity index is 3.54. The Kier molecular flexibility index (Phi) is 31.3. The van der Waals surface area contributed by atoms with Crippen molar-refractivity contribution < 1.29 is 92.7 Å². The summed E-state index contributed by atoms with van der Waals surface area (Å²) in [5.74, 6) is -17.9. The lowest BCUT2D eigenvalue weighted by atomic mass is 10.0. The van der Waals surface area contributed by atoms with E-state index >= 15 is 0 Å². The number of nitrogens with one attached hydrogen (secondary N) is 8. The summed E-state index contributed by atoms with van der Waals surface area (Å²) in [6.07, 6.45) is -8.25. The number of carbonyl (C=O) groups excluding carboxylic acids is 11. The van der Waals surface area contributed by atoms with E-state index in [1.54, 1.807) is 13.8 Å². The molecule has 11 amide bonds. The van der Waals surface area contributed by atoms with Crippen LogP contribution in [0.4, 0.5) is 0 Å². The fraction of sp³-hybridized carbons (Fsp3) is 0.571. The number of amides is 11. The number of hydrogen-bond donors (Lipinski definition) is 19. The van der Waals surface area contributed by atoms with E-state index in [4.69, 9.17) is 34.4 Å². The molecule has 0 fully saturated rings. The van der Waals surface area contributed by atoms with Crippen LogP contribution in [0.5, 0.6) is 5.75 Å². The topological polar surface area (TPSA) is 605 Å². The third-order valence-corrected chi connectivity index (χ3v) is 11.9. The van der Waals surface area contributed by atoms with Crippen LogP contribution in [-0.2, 0) is 73.5 Å². The number of aliphatic hydroxyl groups excluding tert-OH is 1. The predicted octanol–water partition coefficient (Wildman–Crippen LogP) is -7.16. The van der Waals surface area contributed by atoms with Gasteiger partial charge in [0.05, 0.1) is 18.6 Å². The number of guanidine groups is 1. The quantitative estimate of drug-likeness (QED) is 0.0165. The summed E-state index contributed by atoms with van der Waals surface area (Å²) in [4.78, 5) is 185. The van der Waals surface area contributed by atoms with E-state index < -0.39 is 207 Å². The average Bonchev–Trinajstić information content (AvgIpc) is 3.38. The maximum atomic E-state index is 14.1. The number of hydrogen-bond acceptors (Lipinski definition) is 18. The molecular formula is C49H77N15O19. The second-order valence-electron chi connectivity index (χ2n) is 19.6. The van der Waals surface area contributed by atoms with Crippen LogP contribution < -0.4 is 76.9 Å². The van der Waals surface area contributed by atoms with Gasteiger partial charge in [-0.25, -0.2) is 4.79 Å². The molecule has 0 saturated carbocycles. The molecule has 1 aromatic carbocycles. The Labute approximate surface area is 475 Å². The molecule has 0 bridgehead atoms. The fourth-order valence-corrected chi connectivity index (χ4v) is 7.60. The molecule has 0 aromatic heterocycles. The van der Waals surface area contributed by atoms with E-state index in [-0.39, 0.29) is 43.9 Å². The molecule has 0 heterocycles. The molecule has 462 valence electrons. The first kappa shape index (κ1) is 71.8.